The van der Waals surface area contributed by atoms with Crippen LogP contribution in [0.25, 0.3) is 0 Å². The van der Waals surface area contributed by atoms with Crippen molar-refractivity contribution < 1.29 is 4.52 Å². The van der Waals surface area contributed by atoms with Gasteiger partial charge in [0.1, 0.15) is 12.0 Å². The average Bonchev–Trinajstić information content (AvgIpc) is 2.75. The number of nitrogen functional groups attached to an aromatic ring is 1. The summed E-state index contributed by atoms with van der Waals surface area (Å²) in [5.41, 5.74) is 10.3. The highest BCUT2D eigenvalue weighted by Gasteiger charge is 2.31. The molecule has 1 aliphatic rings. The average molecular weight is 228 g/mol. The maximum absolute atomic E-state index is 5.93. The molecule has 2 aromatic rings. The minimum absolute atomic E-state index is 0.277. The van der Waals surface area contributed by atoms with E-state index < -0.39 is 0 Å². The van der Waals surface area contributed by atoms with Gasteiger partial charge < -0.3 is 10.3 Å². The third-order valence-corrected chi connectivity index (χ3v) is 3.75. The van der Waals surface area contributed by atoms with Crippen LogP contribution >= 0.6 is 0 Å². The lowest BCUT2D eigenvalue weighted by molar-refractivity contribution is 0.382. The van der Waals surface area contributed by atoms with E-state index in [9.17, 15) is 0 Å². The van der Waals surface area contributed by atoms with Crippen molar-refractivity contribution in [2.45, 2.75) is 25.7 Å². The first-order valence-electron chi connectivity index (χ1n) is 6.05. The minimum Gasteiger partial charge on any atom is -0.395 e. The Labute approximate surface area is 101 Å². The third kappa shape index (κ3) is 1.62. The molecule has 2 atom stereocenters. The van der Waals surface area contributed by atoms with Gasteiger partial charge >= 0.3 is 0 Å². The predicted molar refractivity (Wildman–Crippen MR) is 66.7 cm³/mol. The van der Waals surface area contributed by atoms with E-state index in [0.717, 1.165) is 12.1 Å². The zero-order chi connectivity index (χ0) is 11.8. The molecule has 1 aromatic carbocycles. The van der Waals surface area contributed by atoms with Crippen LogP contribution in [0.2, 0.25) is 0 Å². The molecule has 2 unspecified atom stereocenters. The van der Waals surface area contributed by atoms with Gasteiger partial charge in [0.15, 0.2) is 0 Å². The highest BCUT2D eigenvalue weighted by Crippen LogP contribution is 2.41. The highest BCUT2D eigenvalue weighted by atomic mass is 16.5. The van der Waals surface area contributed by atoms with Gasteiger partial charge in [0.2, 0.25) is 0 Å². The molecule has 0 fully saturated rings. The van der Waals surface area contributed by atoms with Gasteiger partial charge in [0.25, 0.3) is 0 Å². The van der Waals surface area contributed by atoms with E-state index >= 15 is 0 Å². The number of anilines is 1. The fraction of sp³-hybridized carbons (Fsp3) is 0.357. The first-order chi connectivity index (χ1) is 8.27. The molecule has 0 radical (unpaired) electrons. The molecule has 3 heteroatoms. The summed E-state index contributed by atoms with van der Waals surface area (Å²) in [5.74, 6) is 0.830. The number of aryl methyl sites for hydroxylation is 1. The van der Waals surface area contributed by atoms with Crippen molar-refractivity contribution in [3.8, 4) is 0 Å². The van der Waals surface area contributed by atoms with Gasteiger partial charge in [-0.05, 0) is 29.9 Å². The quantitative estimate of drug-likeness (QED) is 0.816. The lowest BCUT2D eigenvalue weighted by Crippen LogP contribution is -2.20. The zero-order valence-corrected chi connectivity index (χ0v) is 9.89. The normalized spacial score (nSPS) is 23.4. The number of fused-ring (bicyclic) bond motifs is 1. The summed E-state index contributed by atoms with van der Waals surface area (Å²) in [6.07, 6.45) is 3.85. The van der Waals surface area contributed by atoms with E-state index in [2.05, 4.69) is 36.3 Å². The van der Waals surface area contributed by atoms with Gasteiger partial charge in [-0.1, -0.05) is 36.3 Å². The van der Waals surface area contributed by atoms with Crippen LogP contribution in [0.15, 0.2) is 35.1 Å². The van der Waals surface area contributed by atoms with Gasteiger partial charge in [-0.2, -0.15) is 0 Å². The first kappa shape index (κ1) is 10.4. The van der Waals surface area contributed by atoms with Crippen molar-refractivity contribution >= 4 is 5.69 Å². The Kier molecular flexibility index (Phi) is 2.39. The molecule has 88 valence electrons. The lowest BCUT2D eigenvalue weighted by Gasteiger charge is -2.30. The standard InChI is InChI=1S/C14H16N2O/c1-9-6-7-10-4-2-3-5-11(10)13(9)14-12(15)8-17-16-14/h2-5,8-9,13H,6-7,15H2,1H3. The monoisotopic (exact) mass is 228 g/mol. The first-order valence-corrected chi connectivity index (χ1v) is 6.05. The van der Waals surface area contributed by atoms with Crippen LogP contribution in [0, 0.1) is 5.92 Å². The van der Waals surface area contributed by atoms with E-state index in [1.54, 1.807) is 0 Å². The van der Waals surface area contributed by atoms with Crippen LogP contribution in [0.1, 0.15) is 36.1 Å². The van der Waals surface area contributed by atoms with Gasteiger partial charge in [0.05, 0.1) is 5.69 Å². The summed E-state index contributed by atoms with van der Waals surface area (Å²) >= 11 is 0. The number of nitrogens with two attached hydrogens (primary N) is 1. The smallest absolute Gasteiger partial charge is 0.147 e. The predicted octanol–water partition coefficient (Wildman–Crippen LogP) is 2.97. The SMILES string of the molecule is CC1CCc2ccccc2C1c1nocc1N. The second kappa shape index (κ2) is 3.91. The highest BCUT2D eigenvalue weighted by molar-refractivity contribution is 5.48. The largest absolute Gasteiger partial charge is 0.395 e. The summed E-state index contributed by atoms with van der Waals surface area (Å²) in [6.45, 7) is 2.26. The van der Waals surface area contributed by atoms with E-state index in [4.69, 9.17) is 10.3 Å². The van der Waals surface area contributed by atoms with Gasteiger partial charge in [-0.15, -0.1) is 0 Å². The Hall–Kier alpha value is -1.77. The molecule has 0 aliphatic heterocycles. The third-order valence-electron chi connectivity index (χ3n) is 3.75. The molecule has 17 heavy (non-hydrogen) atoms. The molecule has 2 N–H and O–H groups in total. The summed E-state index contributed by atoms with van der Waals surface area (Å²) in [6, 6.07) is 8.56. The van der Waals surface area contributed by atoms with E-state index in [1.807, 2.05) is 0 Å². The van der Waals surface area contributed by atoms with Crippen LogP contribution < -0.4 is 5.73 Å². The number of nitrogens with zero attached hydrogens (tertiary/aromatic N) is 1. The van der Waals surface area contributed by atoms with Crippen molar-refractivity contribution in [3.63, 3.8) is 0 Å². The van der Waals surface area contributed by atoms with Gasteiger partial charge in [-0.3, -0.25) is 0 Å². The number of benzene rings is 1. The summed E-state index contributed by atoms with van der Waals surface area (Å²) < 4.78 is 4.99. The molecule has 0 saturated carbocycles. The van der Waals surface area contributed by atoms with Gasteiger partial charge in [-0.25, -0.2) is 0 Å². The maximum atomic E-state index is 5.93. The molecular weight excluding hydrogens is 212 g/mol. The summed E-state index contributed by atoms with van der Waals surface area (Å²) in [4.78, 5) is 0. The van der Waals surface area contributed by atoms with Crippen molar-refractivity contribution in [2.75, 3.05) is 5.73 Å². The Bertz CT molecular complexity index is 533. The van der Waals surface area contributed by atoms with Gasteiger partial charge in [0, 0.05) is 5.92 Å². The fourth-order valence-corrected chi connectivity index (χ4v) is 2.83. The van der Waals surface area contributed by atoms with Crippen LogP contribution in [0.4, 0.5) is 5.69 Å². The maximum Gasteiger partial charge on any atom is 0.147 e. The Morgan fingerprint density at radius 2 is 2.18 bits per heavy atom. The van der Waals surface area contributed by atoms with Crippen molar-refractivity contribution in [1.29, 1.82) is 0 Å². The Morgan fingerprint density at radius 1 is 1.35 bits per heavy atom. The summed E-state index contributed by atoms with van der Waals surface area (Å²) in [7, 11) is 0. The van der Waals surface area contributed by atoms with E-state index in [1.165, 1.54) is 23.8 Å². The van der Waals surface area contributed by atoms with Crippen LogP contribution in [0.3, 0.4) is 0 Å². The zero-order valence-electron chi connectivity index (χ0n) is 9.89. The number of aromatic nitrogens is 1. The van der Waals surface area contributed by atoms with Crippen LogP contribution in [0.5, 0.6) is 0 Å². The molecule has 1 aromatic heterocycles. The molecule has 0 bridgehead atoms. The lowest BCUT2D eigenvalue weighted by atomic mass is 9.74. The summed E-state index contributed by atoms with van der Waals surface area (Å²) in [5, 5.41) is 4.09. The van der Waals surface area contributed by atoms with Crippen molar-refractivity contribution in [1.82, 2.24) is 5.16 Å². The topological polar surface area (TPSA) is 52.0 Å². The molecule has 0 amide bonds. The molecule has 3 rings (SSSR count). The molecule has 0 saturated heterocycles. The Balaban J connectivity index is 2.13. The number of hydrogen-bond donors (Lipinski definition) is 1. The van der Waals surface area contributed by atoms with Crippen LogP contribution in [-0.4, -0.2) is 5.16 Å². The number of rotatable bonds is 1. The fourth-order valence-electron chi connectivity index (χ4n) is 2.83. The minimum atomic E-state index is 0.277. The second-order valence-corrected chi connectivity index (χ2v) is 4.85. The van der Waals surface area contributed by atoms with Crippen molar-refractivity contribution in [2.24, 2.45) is 5.92 Å². The molecule has 1 aliphatic carbocycles. The van der Waals surface area contributed by atoms with E-state index in [0.29, 0.717) is 11.6 Å². The van der Waals surface area contributed by atoms with E-state index in [-0.39, 0.29) is 5.92 Å². The molecule has 0 spiro atoms. The molecular formula is C14H16N2O. The molecule has 3 nitrogen and oxygen atoms in total. The molecule has 1 heterocycles. The van der Waals surface area contributed by atoms with Crippen molar-refractivity contribution in [3.05, 3.63) is 47.3 Å². The second-order valence-electron chi connectivity index (χ2n) is 4.85. The Morgan fingerprint density at radius 3 is 2.94 bits per heavy atom. The van der Waals surface area contributed by atoms with Crippen LogP contribution in [-0.2, 0) is 6.42 Å². The number of hydrogen-bond acceptors (Lipinski definition) is 3.